The van der Waals surface area contributed by atoms with E-state index in [0.717, 1.165) is 16.7 Å². The molecule has 0 saturated heterocycles. The molecule has 0 aromatic heterocycles. The van der Waals surface area contributed by atoms with Gasteiger partial charge in [-0.3, -0.25) is 20.4 Å². The minimum Gasteiger partial charge on any atom is -0.484 e. The molecule has 5 nitrogen and oxygen atoms in total. The van der Waals surface area contributed by atoms with Crippen LogP contribution in [0.5, 0.6) is 5.75 Å². The van der Waals surface area contributed by atoms with Crippen LogP contribution in [0.2, 0.25) is 0 Å². The van der Waals surface area contributed by atoms with Gasteiger partial charge in [-0.2, -0.15) is 0 Å². The van der Waals surface area contributed by atoms with Crippen molar-refractivity contribution < 1.29 is 14.3 Å². The third-order valence-corrected chi connectivity index (χ3v) is 3.96. The lowest BCUT2D eigenvalue weighted by molar-refractivity contribution is -0.123. The molecule has 3 aromatic rings. The molecule has 3 rings (SSSR count). The molecular formula is C22H20N2O3. The largest absolute Gasteiger partial charge is 0.484 e. The Kier molecular flexibility index (Phi) is 5.84. The minimum atomic E-state index is -0.440. The maximum Gasteiger partial charge on any atom is 0.276 e. The average Bonchev–Trinajstić information content (AvgIpc) is 2.72. The van der Waals surface area contributed by atoms with E-state index in [0.29, 0.717) is 11.3 Å². The molecule has 2 amide bonds. The summed E-state index contributed by atoms with van der Waals surface area (Å²) in [5.74, 6) is -0.235. The molecule has 5 heteroatoms. The van der Waals surface area contributed by atoms with Crippen LogP contribution in [-0.2, 0) is 4.79 Å². The fraction of sp³-hybridized carbons (Fsp3) is 0.0909. The van der Waals surface area contributed by atoms with Gasteiger partial charge in [-0.25, -0.2) is 0 Å². The Labute approximate surface area is 158 Å². The zero-order valence-electron chi connectivity index (χ0n) is 14.9. The summed E-state index contributed by atoms with van der Waals surface area (Å²) in [5.41, 5.74) is 8.38. The van der Waals surface area contributed by atoms with Gasteiger partial charge in [-0.15, -0.1) is 0 Å². The molecule has 0 heterocycles. The lowest BCUT2D eigenvalue weighted by Gasteiger charge is -2.09. The van der Waals surface area contributed by atoms with Crippen molar-refractivity contribution in [3.63, 3.8) is 0 Å². The van der Waals surface area contributed by atoms with Crippen LogP contribution in [0, 0.1) is 6.92 Å². The summed E-state index contributed by atoms with van der Waals surface area (Å²) in [4.78, 5) is 23.9. The van der Waals surface area contributed by atoms with Crippen LogP contribution in [-0.4, -0.2) is 18.4 Å². The standard InChI is InChI=1S/C22H20N2O3/c1-16-7-13-20(14-8-16)27-15-21(25)23-24-22(26)19-11-9-18(10-12-19)17-5-3-2-4-6-17/h2-14H,15H2,1H3,(H,23,25)(H,24,26). The summed E-state index contributed by atoms with van der Waals surface area (Å²) < 4.78 is 5.36. The van der Waals surface area contributed by atoms with Crippen LogP contribution in [0.15, 0.2) is 78.9 Å². The van der Waals surface area contributed by atoms with E-state index in [-0.39, 0.29) is 6.61 Å². The quantitative estimate of drug-likeness (QED) is 0.684. The van der Waals surface area contributed by atoms with Crippen molar-refractivity contribution in [1.82, 2.24) is 10.9 Å². The first-order valence-electron chi connectivity index (χ1n) is 8.56. The zero-order chi connectivity index (χ0) is 19.1. The summed E-state index contributed by atoms with van der Waals surface area (Å²) >= 11 is 0. The molecule has 0 atom stereocenters. The van der Waals surface area contributed by atoms with E-state index in [2.05, 4.69) is 10.9 Å². The highest BCUT2D eigenvalue weighted by Gasteiger charge is 2.08. The van der Waals surface area contributed by atoms with Crippen molar-refractivity contribution in [3.8, 4) is 16.9 Å². The molecule has 0 spiro atoms. The predicted octanol–water partition coefficient (Wildman–Crippen LogP) is 3.50. The van der Waals surface area contributed by atoms with Gasteiger partial charge >= 0.3 is 0 Å². The first-order chi connectivity index (χ1) is 13.1. The number of aryl methyl sites for hydroxylation is 1. The highest BCUT2D eigenvalue weighted by atomic mass is 16.5. The lowest BCUT2D eigenvalue weighted by atomic mass is 10.0. The van der Waals surface area contributed by atoms with Gasteiger partial charge in [0.1, 0.15) is 5.75 Å². The number of amides is 2. The number of benzene rings is 3. The van der Waals surface area contributed by atoms with Crippen molar-refractivity contribution in [1.29, 1.82) is 0 Å². The molecule has 136 valence electrons. The van der Waals surface area contributed by atoms with Gasteiger partial charge in [-0.1, -0.05) is 60.2 Å². The molecular weight excluding hydrogens is 340 g/mol. The van der Waals surface area contributed by atoms with E-state index in [4.69, 9.17) is 4.74 Å². The van der Waals surface area contributed by atoms with Gasteiger partial charge in [0.25, 0.3) is 11.8 Å². The monoisotopic (exact) mass is 360 g/mol. The first kappa shape index (κ1) is 18.2. The smallest absolute Gasteiger partial charge is 0.276 e. The molecule has 0 bridgehead atoms. The normalized spacial score (nSPS) is 10.1. The van der Waals surface area contributed by atoms with E-state index in [1.54, 1.807) is 24.3 Å². The second kappa shape index (κ2) is 8.67. The van der Waals surface area contributed by atoms with E-state index in [1.165, 1.54) is 0 Å². The number of hydrazine groups is 1. The minimum absolute atomic E-state index is 0.184. The summed E-state index contributed by atoms with van der Waals surface area (Å²) in [6.07, 6.45) is 0. The van der Waals surface area contributed by atoms with Crippen molar-refractivity contribution in [2.24, 2.45) is 0 Å². The van der Waals surface area contributed by atoms with Crippen LogP contribution in [0.3, 0.4) is 0 Å². The molecule has 0 unspecified atom stereocenters. The second-order valence-corrected chi connectivity index (χ2v) is 6.05. The molecule has 0 aliphatic heterocycles. The Morgan fingerprint density at radius 3 is 2.07 bits per heavy atom. The maximum absolute atomic E-state index is 12.1. The molecule has 0 fully saturated rings. The number of carbonyl (C=O) groups excluding carboxylic acids is 2. The number of ether oxygens (including phenoxy) is 1. The molecule has 0 saturated carbocycles. The van der Waals surface area contributed by atoms with Crippen molar-refractivity contribution >= 4 is 11.8 Å². The topological polar surface area (TPSA) is 67.4 Å². The summed E-state index contributed by atoms with van der Waals surface area (Å²) in [6, 6.07) is 24.4. The SMILES string of the molecule is Cc1ccc(OCC(=O)NNC(=O)c2ccc(-c3ccccc3)cc2)cc1. The molecule has 0 radical (unpaired) electrons. The van der Waals surface area contributed by atoms with Crippen LogP contribution < -0.4 is 15.6 Å². The second-order valence-electron chi connectivity index (χ2n) is 6.05. The number of carbonyl (C=O) groups is 2. The Morgan fingerprint density at radius 1 is 0.778 bits per heavy atom. The van der Waals surface area contributed by atoms with Gasteiger partial charge in [-0.05, 0) is 42.3 Å². The number of rotatable bonds is 5. The summed E-state index contributed by atoms with van der Waals surface area (Å²) in [5, 5.41) is 0. The van der Waals surface area contributed by atoms with Crippen molar-refractivity contribution in [3.05, 3.63) is 90.0 Å². The Balaban J connectivity index is 1.48. The predicted molar refractivity (Wildman–Crippen MR) is 104 cm³/mol. The van der Waals surface area contributed by atoms with Crippen LogP contribution in [0.1, 0.15) is 15.9 Å². The number of hydrogen-bond acceptors (Lipinski definition) is 3. The average molecular weight is 360 g/mol. The molecule has 27 heavy (non-hydrogen) atoms. The van der Waals surface area contributed by atoms with Crippen LogP contribution >= 0.6 is 0 Å². The molecule has 0 aliphatic carbocycles. The Morgan fingerprint density at radius 2 is 1.41 bits per heavy atom. The van der Waals surface area contributed by atoms with E-state index in [9.17, 15) is 9.59 Å². The Hall–Kier alpha value is -3.60. The fourth-order valence-electron chi connectivity index (χ4n) is 2.46. The van der Waals surface area contributed by atoms with Gasteiger partial charge in [0, 0.05) is 5.56 Å². The Bertz CT molecular complexity index is 905. The van der Waals surface area contributed by atoms with Crippen molar-refractivity contribution in [2.45, 2.75) is 6.92 Å². The fourth-order valence-corrected chi connectivity index (χ4v) is 2.46. The summed E-state index contributed by atoms with van der Waals surface area (Å²) in [7, 11) is 0. The van der Waals surface area contributed by atoms with Gasteiger partial charge in [0.2, 0.25) is 0 Å². The number of nitrogens with one attached hydrogen (secondary N) is 2. The summed E-state index contributed by atoms with van der Waals surface area (Å²) in [6.45, 7) is 1.79. The highest BCUT2D eigenvalue weighted by Crippen LogP contribution is 2.19. The lowest BCUT2D eigenvalue weighted by Crippen LogP contribution is -2.43. The van der Waals surface area contributed by atoms with E-state index in [1.807, 2.05) is 61.5 Å². The zero-order valence-corrected chi connectivity index (χ0v) is 14.9. The third-order valence-electron chi connectivity index (χ3n) is 3.96. The van der Waals surface area contributed by atoms with Gasteiger partial charge in [0.15, 0.2) is 6.61 Å². The maximum atomic E-state index is 12.1. The van der Waals surface area contributed by atoms with E-state index >= 15 is 0 Å². The molecule has 3 aromatic carbocycles. The number of hydrogen-bond donors (Lipinski definition) is 2. The van der Waals surface area contributed by atoms with Gasteiger partial charge < -0.3 is 4.74 Å². The third kappa shape index (κ3) is 5.19. The van der Waals surface area contributed by atoms with Crippen molar-refractivity contribution in [2.75, 3.05) is 6.61 Å². The van der Waals surface area contributed by atoms with Gasteiger partial charge in [0.05, 0.1) is 0 Å². The highest BCUT2D eigenvalue weighted by molar-refractivity contribution is 5.95. The molecule has 2 N–H and O–H groups in total. The van der Waals surface area contributed by atoms with E-state index < -0.39 is 11.8 Å². The first-order valence-corrected chi connectivity index (χ1v) is 8.56. The van der Waals surface area contributed by atoms with Crippen LogP contribution in [0.4, 0.5) is 0 Å². The molecule has 0 aliphatic rings. The van der Waals surface area contributed by atoms with Crippen LogP contribution in [0.25, 0.3) is 11.1 Å².